The van der Waals surface area contributed by atoms with E-state index < -0.39 is 15.6 Å². The van der Waals surface area contributed by atoms with Gasteiger partial charge in [0.05, 0.1) is 12.3 Å². The Morgan fingerprint density at radius 2 is 0.955 bits per heavy atom. The maximum absolute atomic E-state index is 7.68. The molecular weight excluding hydrogens is 797 g/mol. The summed E-state index contributed by atoms with van der Waals surface area (Å²) in [5, 5.41) is 6.78. The first-order valence-corrected chi connectivity index (χ1v) is 20.2. The highest BCUT2D eigenvalue weighted by atomic mass is 127. The second-order valence-corrected chi connectivity index (χ2v) is 20.6. The van der Waals surface area contributed by atoms with Crippen LogP contribution in [0.15, 0.2) is 162 Å². The van der Waals surface area contributed by atoms with Crippen LogP contribution < -0.4 is 50.3 Å². The summed E-state index contributed by atoms with van der Waals surface area (Å²) in [6.07, 6.45) is 4.17. The number of hydrogen-bond donors (Lipinski definition) is 0. The zero-order chi connectivity index (χ0) is 30.2. The maximum atomic E-state index is 7.68. The van der Waals surface area contributed by atoms with E-state index in [4.69, 9.17) is 4.43 Å². The van der Waals surface area contributed by atoms with Crippen molar-refractivity contribution in [1.29, 1.82) is 0 Å². The molecule has 0 aliphatic carbocycles. The standard InChI is InChI=1S/C39H41IOPSi.HI/c1-39(2,3)43(37-25-15-7-16-26-37,38-27-17-8-18-28-38)41-33(29-31-40)30-32-42(34-19-9-4-10-20-34,35-21-11-5-12-22-35)36-23-13-6-14-24-36;/h4-29,31,33H,30,32H2,1-3H3;1H/q+1;/p-1/b31-29+;/t33-;/m0./s1. The van der Waals surface area contributed by atoms with Crippen LogP contribution in [0, 0.1) is 0 Å². The van der Waals surface area contributed by atoms with E-state index in [1.54, 1.807) is 0 Å². The van der Waals surface area contributed by atoms with Crippen molar-refractivity contribution in [2.45, 2.75) is 38.3 Å². The Hall–Kier alpha value is -2.09. The molecule has 0 aliphatic heterocycles. The van der Waals surface area contributed by atoms with Gasteiger partial charge in [-0.25, -0.2) is 0 Å². The normalized spacial score (nSPS) is 12.9. The second-order valence-electron chi connectivity index (χ2n) is 12.0. The Bertz CT molecular complexity index is 1440. The summed E-state index contributed by atoms with van der Waals surface area (Å²) in [5.74, 6) is 0. The summed E-state index contributed by atoms with van der Waals surface area (Å²) in [5.41, 5.74) is 0. The first-order valence-electron chi connectivity index (χ1n) is 15.0. The van der Waals surface area contributed by atoms with E-state index in [1.165, 1.54) is 26.3 Å². The van der Waals surface area contributed by atoms with Crippen LogP contribution in [-0.4, -0.2) is 20.6 Å². The fraction of sp³-hybridized carbons (Fsp3) is 0.179. The molecule has 0 bridgehead atoms. The molecule has 5 rings (SSSR count). The lowest BCUT2D eigenvalue weighted by Crippen LogP contribution is -3.00. The molecule has 0 saturated carbocycles. The second kappa shape index (κ2) is 16.0. The van der Waals surface area contributed by atoms with Crippen LogP contribution in [0.5, 0.6) is 0 Å². The summed E-state index contributed by atoms with van der Waals surface area (Å²) < 4.78 is 9.83. The van der Waals surface area contributed by atoms with Gasteiger partial charge < -0.3 is 28.4 Å². The van der Waals surface area contributed by atoms with Gasteiger partial charge in [0.1, 0.15) is 23.2 Å². The van der Waals surface area contributed by atoms with Crippen LogP contribution in [0.3, 0.4) is 0 Å². The van der Waals surface area contributed by atoms with Crippen LogP contribution in [0.25, 0.3) is 0 Å². The predicted molar refractivity (Wildman–Crippen MR) is 200 cm³/mol. The van der Waals surface area contributed by atoms with E-state index in [2.05, 4.69) is 205 Å². The van der Waals surface area contributed by atoms with E-state index in [0.29, 0.717) is 0 Å². The van der Waals surface area contributed by atoms with Gasteiger partial charge in [-0.15, -0.1) is 0 Å². The Balaban J connectivity index is 0.00000442. The minimum atomic E-state index is -2.73. The number of benzene rings is 5. The lowest BCUT2D eigenvalue weighted by molar-refractivity contribution is -0.00000936. The van der Waals surface area contributed by atoms with E-state index in [0.717, 1.165) is 12.6 Å². The van der Waals surface area contributed by atoms with Gasteiger partial charge in [0, 0.05) is 6.42 Å². The molecule has 0 saturated heterocycles. The summed E-state index contributed by atoms with van der Waals surface area (Å²) in [6.45, 7) is 7.08. The fourth-order valence-electron chi connectivity index (χ4n) is 6.40. The quantitative estimate of drug-likeness (QED) is 0.100. The summed E-state index contributed by atoms with van der Waals surface area (Å²) in [4.78, 5) is 0. The van der Waals surface area contributed by atoms with E-state index in [9.17, 15) is 0 Å². The molecule has 1 atom stereocenters. The van der Waals surface area contributed by atoms with Crippen molar-refractivity contribution in [3.63, 3.8) is 0 Å². The minimum Gasteiger partial charge on any atom is -1.00 e. The van der Waals surface area contributed by atoms with Crippen molar-refractivity contribution in [2.24, 2.45) is 0 Å². The van der Waals surface area contributed by atoms with Crippen molar-refractivity contribution < 1.29 is 28.4 Å². The van der Waals surface area contributed by atoms with Crippen molar-refractivity contribution in [3.8, 4) is 0 Å². The molecule has 5 aromatic carbocycles. The monoisotopic (exact) mass is 838 g/mol. The van der Waals surface area contributed by atoms with Gasteiger partial charge in [-0.1, -0.05) is 165 Å². The molecule has 0 aliphatic rings. The summed E-state index contributed by atoms with van der Waals surface area (Å²) in [6, 6.07) is 55.5. The zero-order valence-electron chi connectivity index (χ0n) is 25.7. The average molecular weight is 839 g/mol. The molecule has 5 heteroatoms. The highest BCUT2D eigenvalue weighted by Gasteiger charge is 2.52. The van der Waals surface area contributed by atoms with Crippen LogP contribution in [0.4, 0.5) is 0 Å². The van der Waals surface area contributed by atoms with Crippen LogP contribution in [0.1, 0.15) is 27.2 Å². The van der Waals surface area contributed by atoms with E-state index in [-0.39, 0.29) is 35.1 Å². The molecule has 0 spiro atoms. The van der Waals surface area contributed by atoms with Gasteiger partial charge in [-0.2, -0.15) is 0 Å². The molecule has 0 N–H and O–H groups in total. The summed E-state index contributed by atoms with van der Waals surface area (Å²) in [7, 11) is -4.71. The highest BCUT2D eigenvalue weighted by molar-refractivity contribution is 14.1. The third-order valence-electron chi connectivity index (χ3n) is 8.37. The van der Waals surface area contributed by atoms with Gasteiger partial charge >= 0.3 is 0 Å². The Kier molecular flexibility index (Phi) is 12.6. The predicted octanol–water partition coefficient (Wildman–Crippen LogP) is 5.27. The smallest absolute Gasteiger partial charge is 0.261 e. The third-order valence-corrected chi connectivity index (χ3v) is 18.3. The highest BCUT2D eigenvalue weighted by Crippen LogP contribution is 2.56. The number of halogens is 2. The number of rotatable bonds is 11. The molecule has 0 unspecified atom stereocenters. The molecule has 0 amide bonds. The van der Waals surface area contributed by atoms with Gasteiger partial charge in [0.25, 0.3) is 8.32 Å². The molecule has 44 heavy (non-hydrogen) atoms. The minimum absolute atomic E-state index is 0. The Labute approximate surface area is 296 Å². The molecule has 5 aromatic rings. The first-order chi connectivity index (χ1) is 20.9. The summed E-state index contributed by atoms with van der Waals surface area (Å²) >= 11 is 2.36. The third kappa shape index (κ3) is 7.31. The van der Waals surface area contributed by atoms with Crippen molar-refractivity contribution in [2.75, 3.05) is 6.16 Å². The van der Waals surface area contributed by atoms with E-state index >= 15 is 0 Å². The molecule has 0 aromatic heterocycles. The number of hydrogen-bond acceptors (Lipinski definition) is 1. The largest absolute Gasteiger partial charge is 1.00 e. The lowest BCUT2D eigenvalue weighted by atomic mass is 10.2. The average Bonchev–Trinajstić information content (AvgIpc) is 3.05. The molecule has 226 valence electrons. The molecule has 1 nitrogen and oxygen atoms in total. The topological polar surface area (TPSA) is 9.23 Å². The van der Waals surface area contributed by atoms with Crippen molar-refractivity contribution in [1.82, 2.24) is 0 Å². The fourth-order valence-corrected chi connectivity index (χ4v) is 15.9. The Morgan fingerprint density at radius 3 is 1.27 bits per heavy atom. The van der Waals surface area contributed by atoms with E-state index in [1.807, 2.05) is 0 Å². The van der Waals surface area contributed by atoms with Gasteiger partial charge in [-0.3, -0.25) is 0 Å². The van der Waals surface area contributed by atoms with Gasteiger partial charge in [0.15, 0.2) is 0 Å². The molecule has 0 heterocycles. The van der Waals surface area contributed by atoms with Gasteiger partial charge in [-0.05, 0) is 55.9 Å². The molecule has 0 radical (unpaired) electrons. The SMILES string of the molecule is CC(C)(C)[Si](O[C@@H](/C=C/I)CC[P+](c1ccccc1)(c1ccccc1)c1ccccc1)(c1ccccc1)c1ccccc1.[I-]. The van der Waals surface area contributed by atoms with Crippen LogP contribution >= 0.6 is 29.9 Å². The lowest BCUT2D eigenvalue weighted by Gasteiger charge is -2.45. The molecular formula is C39H41I2OPSi. The van der Waals surface area contributed by atoms with Crippen LogP contribution in [-0.2, 0) is 4.43 Å². The maximum Gasteiger partial charge on any atom is 0.261 e. The molecule has 0 fully saturated rings. The van der Waals surface area contributed by atoms with Crippen molar-refractivity contribution in [3.05, 3.63) is 162 Å². The Morgan fingerprint density at radius 1 is 0.614 bits per heavy atom. The van der Waals surface area contributed by atoms with Gasteiger partial charge in [0.2, 0.25) is 0 Å². The van der Waals surface area contributed by atoms with Crippen molar-refractivity contribution >= 4 is 64.5 Å². The first kappa shape index (κ1) is 34.8. The van der Waals surface area contributed by atoms with Crippen LogP contribution in [0.2, 0.25) is 5.04 Å². The zero-order valence-corrected chi connectivity index (χ0v) is 31.9.